The van der Waals surface area contributed by atoms with Gasteiger partial charge >= 0.3 is 5.97 Å². The smallest absolute Gasteiger partial charge is 0.331 e. The molecular weight excluding hydrogens is 234 g/mol. The molecule has 0 aromatic rings. The number of morpholine rings is 1. The van der Waals surface area contributed by atoms with Gasteiger partial charge in [0.15, 0.2) is 0 Å². The Bertz CT molecular complexity index is 348. The molecule has 1 heterocycles. The third kappa shape index (κ3) is 4.87. The molecule has 102 valence electrons. The zero-order valence-electron chi connectivity index (χ0n) is 11.2. The molecule has 18 heavy (non-hydrogen) atoms. The molecule has 1 saturated heterocycles. The third-order valence-corrected chi connectivity index (χ3v) is 2.59. The summed E-state index contributed by atoms with van der Waals surface area (Å²) in [5.74, 6) is -1.16. The maximum absolute atomic E-state index is 12.0. The maximum atomic E-state index is 12.0. The Morgan fingerprint density at radius 3 is 2.28 bits per heavy atom. The standard InChI is InChI=1S/C13H21NO4/c1-13(2,3)9-10(12(16)17)8-11(15)14-4-6-18-7-5-14/h9H,4-8H2,1-3H3,(H,16,17)/b10-9-. The number of hydrogen-bond acceptors (Lipinski definition) is 3. The van der Waals surface area contributed by atoms with Crippen molar-refractivity contribution in [3.8, 4) is 0 Å². The maximum Gasteiger partial charge on any atom is 0.331 e. The van der Waals surface area contributed by atoms with E-state index in [1.165, 1.54) is 0 Å². The van der Waals surface area contributed by atoms with Crippen LogP contribution in [0.5, 0.6) is 0 Å². The van der Waals surface area contributed by atoms with Crippen molar-refractivity contribution < 1.29 is 19.4 Å². The van der Waals surface area contributed by atoms with Crippen molar-refractivity contribution in [3.63, 3.8) is 0 Å². The second kappa shape index (κ2) is 6.00. The highest BCUT2D eigenvalue weighted by Gasteiger charge is 2.22. The van der Waals surface area contributed by atoms with Crippen LogP contribution in [0.25, 0.3) is 0 Å². The van der Waals surface area contributed by atoms with Gasteiger partial charge in [-0.05, 0) is 5.41 Å². The lowest BCUT2D eigenvalue weighted by molar-refractivity contribution is -0.138. The van der Waals surface area contributed by atoms with E-state index in [0.717, 1.165) is 0 Å². The van der Waals surface area contributed by atoms with Crippen LogP contribution in [-0.2, 0) is 14.3 Å². The van der Waals surface area contributed by atoms with Crippen molar-refractivity contribution in [1.29, 1.82) is 0 Å². The number of carboxylic acid groups (broad SMARTS) is 1. The average Bonchev–Trinajstić information content (AvgIpc) is 2.27. The minimum atomic E-state index is -1.02. The first-order valence-corrected chi connectivity index (χ1v) is 6.10. The Balaban J connectivity index is 2.69. The van der Waals surface area contributed by atoms with Crippen LogP contribution < -0.4 is 0 Å². The van der Waals surface area contributed by atoms with Gasteiger partial charge in [-0.3, -0.25) is 4.79 Å². The fourth-order valence-corrected chi connectivity index (χ4v) is 1.80. The van der Waals surface area contributed by atoms with Crippen LogP contribution in [0.15, 0.2) is 11.6 Å². The van der Waals surface area contributed by atoms with E-state index in [-0.39, 0.29) is 23.3 Å². The van der Waals surface area contributed by atoms with Crippen molar-refractivity contribution in [1.82, 2.24) is 4.90 Å². The predicted octanol–water partition coefficient (Wildman–Crippen LogP) is 1.29. The summed E-state index contributed by atoms with van der Waals surface area (Å²) >= 11 is 0. The van der Waals surface area contributed by atoms with E-state index in [9.17, 15) is 9.59 Å². The van der Waals surface area contributed by atoms with Gasteiger partial charge in [-0.2, -0.15) is 0 Å². The lowest BCUT2D eigenvalue weighted by Crippen LogP contribution is -2.41. The molecule has 1 amide bonds. The van der Waals surface area contributed by atoms with Crippen molar-refractivity contribution >= 4 is 11.9 Å². The number of allylic oxidation sites excluding steroid dienone is 1. The molecule has 0 aliphatic carbocycles. The molecule has 0 unspecified atom stereocenters. The van der Waals surface area contributed by atoms with Gasteiger partial charge < -0.3 is 14.7 Å². The van der Waals surface area contributed by atoms with E-state index in [4.69, 9.17) is 9.84 Å². The van der Waals surface area contributed by atoms with Gasteiger partial charge in [0.1, 0.15) is 0 Å². The van der Waals surface area contributed by atoms with Gasteiger partial charge in [0.2, 0.25) is 5.91 Å². The number of nitrogens with zero attached hydrogens (tertiary/aromatic N) is 1. The molecule has 5 nitrogen and oxygen atoms in total. The van der Waals surface area contributed by atoms with Crippen molar-refractivity contribution in [2.45, 2.75) is 27.2 Å². The van der Waals surface area contributed by atoms with Gasteiger partial charge in [0.05, 0.1) is 19.6 Å². The van der Waals surface area contributed by atoms with Crippen molar-refractivity contribution in [2.75, 3.05) is 26.3 Å². The number of aliphatic carboxylic acids is 1. The van der Waals surface area contributed by atoms with E-state index in [1.807, 2.05) is 20.8 Å². The Hall–Kier alpha value is -1.36. The molecule has 0 bridgehead atoms. The molecule has 0 aromatic heterocycles. The molecule has 0 atom stereocenters. The van der Waals surface area contributed by atoms with Crippen LogP contribution in [0.2, 0.25) is 0 Å². The Kier molecular flexibility index (Phi) is 4.90. The van der Waals surface area contributed by atoms with E-state index < -0.39 is 5.97 Å². The van der Waals surface area contributed by atoms with Crippen LogP contribution in [0.3, 0.4) is 0 Å². The number of ether oxygens (including phenoxy) is 1. The molecular formula is C13H21NO4. The number of carbonyl (C=O) groups is 2. The molecule has 1 rings (SSSR count). The fourth-order valence-electron chi connectivity index (χ4n) is 1.80. The lowest BCUT2D eigenvalue weighted by Gasteiger charge is -2.27. The molecule has 1 N–H and O–H groups in total. The summed E-state index contributed by atoms with van der Waals surface area (Å²) in [4.78, 5) is 24.8. The number of carbonyl (C=O) groups excluding carboxylic acids is 1. The van der Waals surface area contributed by atoms with Gasteiger partial charge in [-0.25, -0.2) is 4.79 Å². The Morgan fingerprint density at radius 2 is 1.83 bits per heavy atom. The largest absolute Gasteiger partial charge is 0.478 e. The summed E-state index contributed by atoms with van der Waals surface area (Å²) in [5.41, 5.74) is -0.0852. The monoisotopic (exact) mass is 255 g/mol. The summed E-state index contributed by atoms with van der Waals surface area (Å²) in [5, 5.41) is 9.12. The Morgan fingerprint density at radius 1 is 1.28 bits per heavy atom. The number of hydrogen-bond donors (Lipinski definition) is 1. The van der Waals surface area contributed by atoms with E-state index in [0.29, 0.717) is 26.3 Å². The molecule has 0 spiro atoms. The highest BCUT2D eigenvalue weighted by molar-refractivity contribution is 5.94. The molecule has 0 radical (unpaired) electrons. The average molecular weight is 255 g/mol. The SMILES string of the molecule is CC(C)(C)/C=C(/CC(=O)N1CCOCC1)C(=O)O. The van der Waals surface area contributed by atoms with Gasteiger partial charge in [-0.15, -0.1) is 0 Å². The minimum absolute atomic E-state index is 0.0490. The van der Waals surface area contributed by atoms with Crippen LogP contribution in [0.4, 0.5) is 0 Å². The number of amides is 1. The fraction of sp³-hybridized carbons (Fsp3) is 0.692. The van der Waals surface area contributed by atoms with Crippen LogP contribution in [-0.4, -0.2) is 48.2 Å². The summed E-state index contributed by atoms with van der Waals surface area (Å²) in [7, 11) is 0. The second-order valence-electron chi connectivity index (χ2n) is 5.51. The van der Waals surface area contributed by atoms with Crippen LogP contribution in [0, 0.1) is 5.41 Å². The zero-order chi connectivity index (χ0) is 13.8. The van der Waals surface area contributed by atoms with Crippen LogP contribution in [0.1, 0.15) is 27.2 Å². The first-order chi connectivity index (χ1) is 8.29. The summed E-state index contributed by atoms with van der Waals surface area (Å²) in [6.45, 7) is 7.87. The molecule has 0 aromatic carbocycles. The number of rotatable bonds is 3. The third-order valence-electron chi connectivity index (χ3n) is 2.59. The topological polar surface area (TPSA) is 66.8 Å². The predicted molar refractivity (Wildman–Crippen MR) is 67.2 cm³/mol. The van der Waals surface area contributed by atoms with Crippen LogP contribution >= 0.6 is 0 Å². The quantitative estimate of drug-likeness (QED) is 0.772. The van der Waals surface area contributed by atoms with Crippen molar-refractivity contribution in [3.05, 3.63) is 11.6 Å². The molecule has 0 saturated carbocycles. The molecule has 1 fully saturated rings. The highest BCUT2D eigenvalue weighted by Crippen LogP contribution is 2.20. The lowest BCUT2D eigenvalue weighted by atomic mass is 9.92. The van der Waals surface area contributed by atoms with E-state index in [1.54, 1.807) is 11.0 Å². The molecule has 5 heteroatoms. The first-order valence-electron chi connectivity index (χ1n) is 6.10. The Labute approximate surface area is 107 Å². The van der Waals surface area contributed by atoms with Gasteiger partial charge in [0, 0.05) is 18.7 Å². The summed E-state index contributed by atoms with van der Waals surface area (Å²) in [6.07, 6.45) is 1.60. The molecule has 1 aliphatic rings. The summed E-state index contributed by atoms with van der Waals surface area (Å²) in [6, 6.07) is 0. The van der Waals surface area contributed by atoms with E-state index >= 15 is 0 Å². The van der Waals surface area contributed by atoms with Gasteiger partial charge in [0.25, 0.3) is 0 Å². The number of carboxylic acids is 1. The zero-order valence-corrected chi connectivity index (χ0v) is 11.2. The second-order valence-corrected chi connectivity index (χ2v) is 5.51. The first kappa shape index (κ1) is 14.7. The van der Waals surface area contributed by atoms with Gasteiger partial charge in [-0.1, -0.05) is 26.8 Å². The normalized spacial score (nSPS) is 17.7. The van der Waals surface area contributed by atoms with Crippen molar-refractivity contribution in [2.24, 2.45) is 5.41 Å². The minimum Gasteiger partial charge on any atom is -0.478 e. The highest BCUT2D eigenvalue weighted by atomic mass is 16.5. The molecule has 1 aliphatic heterocycles. The van der Waals surface area contributed by atoms with E-state index in [2.05, 4.69) is 0 Å². The summed E-state index contributed by atoms with van der Waals surface area (Å²) < 4.78 is 5.16.